The summed E-state index contributed by atoms with van der Waals surface area (Å²) >= 11 is 5.60. The number of carbonyl (C=O) groups excluding carboxylic acids is 3. The molecule has 3 aromatic carbocycles. The van der Waals surface area contributed by atoms with Crippen molar-refractivity contribution in [3.63, 3.8) is 0 Å². The van der Waals surface area contributed by atoms with Gasteiger partial charge in [0.05, 0.1) is 10.6 Å². The maximum absolute atomic E-state index is 13.0. The van der Waals surface area contributed by atoms with Gasteiger partial charge in [-0.3, -0.25) is 25.4 Å². The van der Waals surface area contributed by atoms with Gasteiger partial charge in [-0.05, 0) is 60.2 Å². The molecule has 214 valence electrons. The van der Waals surface area contributed by atoms with E-state index in [-0.39, 0.29) is 17.1 Å². The van der Waals surface area contributed by atoms with Crippen molar-refractivity contribution in [1.82, 2.24) is 15.8 Å². The van der Waals surface area contributed by atoms with Crippen LogP contribution in [0.25, 0.3) is 6.08 Å². The second-order valence-corrected chi connectivity index (χ2v) is 8.87. The molecule has 13 heteroatoms. The summed E-state index contributed by atoms with van der Waals surface area (Å²) in [5.74, 6) is -0.589. The molecule has 0 fully saturated rings. The minimum atomic E-state index is -4.67. The molecule has 0 bridgehead atoms. The molecule has 0 unspecified atom stereocenters. The Morgan fingerprint density at radius 1 is 0.810 bits per heavy atom. The third-order valence-electron chi connectivity index (χ3n) is 5.37. The number of anilines is 2. The predicted octanol–water partition coefficient (Wildman–Crippen LogP) is 6.66. The van der Waals surface area contributed by atoms with E-state index in [0.717, 1.165) is 17.7 Å². The number of pyridine rings is 1. The molecular weight excluding hydrogens is 575 g/mol. The molecule has 0 aliphatic heterocycles. The first-order valence-electron chi connectivity index (χ1n) is 12.1. The van der Waals surface area contributed by atoms with Crippen LogP contribution in [0, 0.1) is 0 Å². The summed E-state index contributed by atoms with van der Waals surface area (Å²) in [6.45, 7) is 0. The van der Waals surface area contributed by atoms with E-state index in [1.807, 2.05) is 30.3 Å². The number of urea groups is 1. The Labute approximate surface area is 242 Å². The summed E-state index contributed by atoms with van der Waals surface area (Å²) in [7, 11) is 0. The number of carbonyl (C=O) groups is 3. The molecule has 4 rings (SSSR count). The molecule has 0 radical (unpaired) electrons. The molecule has 0 saturated carbocycles. The van der Waals surface area contributed by atoms with Crippen LogP contribution >= 0.6 is 11.6 Å². The minimum absolute atomic E-state index is 0.0225. The highest BCUT2D eigenvalue weighted by molar-refractivity contribution is 6.31. The molecule has 0 atom stereocenters. The number of alkyl halides is 3. The largest absolute Gasteiger partial charge is 0.457 e. The lowest BCUT2D eigenvalue weighted by atomic mass is 10.2. The third-order valence-corrected chi connectivity index (χ3v) is 5.70. The van der Waals surface area contributed by atoms with Gasteiger partial charge in [-0.1, -0.05) is 41.9 Å². The van der Waals surface area contributed by atoms with Crippen LogP contribution in [0.5, 0.6) is 11.5 Å². The zero-order valence-corrected chi connectivity index (χ0v) is 22.2. The van der Waals surface area contributed by atoms with Crippen molar-refractivity contribution >= 4 is 46.9 Å². The Hall–Kier alpha value is -5.36. The first kappa shape index (κ1) is 29.6. The van der Waals surface area contributed by atoms with Crippen LogP contribution in [0.1, 0.15) is 21.6 Å². The number of hydrazine groups is 1. The van der Waals surface area contributed by atoms with Crippen molar-refractivity contribution < 1.29 is 32.3 Å². The SMILES string of the molecule is O=C(/C=C/c1ccccc1)NNC(=O)c1cc(Oc2ccc(NC(=O)Nc3ccc(Cl)c(C(F)(F)F)c3)cc2)ccn1. The average molecular weight is 596 g/mol. The lowest BCUT2D eigenvalue weighted by molar-refractivity contribution is -0.137. The van der Waals surface area contributed by atoms with Gasteiger partial charge >= 0.3 is 12.2 Å². The van der Waals surface area contributed by atoms with E-state index in [2.05, 4.69) is 26.5 Å². The number of nitrogens with zero attached hydrogens (tertiary/aromatic N) is 1. The molecule has 0 spiro atoms. The summed E-state index contributed by atoms with van der Waals surface area (Å²) in [6.07, 6.45) is -0.459. The van der Waals surface area contributed by atoms with Gasteiger partial charge in [-0.25, -0.2) is 4.79 Å². The standard InChI is InChI=1S/C29H21ClF3N5O4/c30-24-12-9-20(16-23(24)29(31,32)33)36-28(41)35-19-7-10-21(11-8-19)42-22-14-15-34-25(17-22)27(40)38-37-26(39)13-6-18-4-2-1-3-5-18/h1-17H,(H,37,39)(H,38,40)(H2,35,36,41)/b13-6+. The lowest BCUT2D eigenvalue weighted by Gasteiger charge is -2.12. The second-order valence-electron chi connectivity index (χ2n) is 8.46. The van der Waals surface area contributed by atoms with Crippen LogP contribution in [0.2, 0.25) is 5.02 Å². The number of hydrogen-bond acceptors (Lipinski definition) is 5. The second kappa shape index (κ2) is 13.3. The predicted molar refractivity (Wildman–Crippen MR) is 151 cm³/mol. The maximum Gasteiger partial charge on any atom is 0.417 e. The molecule has 4 aromatic rings. The van der Waals surface area contributed by atoms with E-state index in [1.165, 1.54) is 54.7 Å². The highest BCUT2D eigenvalue weighted by atomic mass is 35.5. The van der Waals surface area contributed by atoms with Crippen molar-refractivity contribution in [2.75, 3.05) is 10.6 Å². The molecule has 0 saturated heterocycles. The van der Waals surface area contributed by atoms with Crippen molar-refractivity contribution in [2.24, 2.45) is 0 Å². The number of benzene rings is 3. The van der Waals surface area contributed by atoms with Gasteiger partial charge in [0.25, 0.3) is 11.8 Å². The lowest BCUT2D eigenvalue weighted by Crippen LogP contribution is -2.41. The fourth-order valence-electron chi connectivity index (χ4n) is 3.42. The number of halogens is 4. The highest BCUT2D eigenvalue weighted by Crippen LogP contribution is 2.36. The number of aromatic nitrogens is 1. The Kier molecular flexibility index (Phi) is 9.40. The van der Waals surface area contributed by atoms with Gasteiger partial charge in [0.2, 0.25) is 0 Å². The number of rotatable bonds is 7. The van der Waals surface area contributed by atoms with Gasteiger partial charge < -0.3 is 15.4 Å². The Morgan fingerprint density at radius 3 is 2.21 bits per heavy atom. The zero-order valence-electron chi connectivity index (χ0n) is 21.4. The summed E-state index contributed by atoms with van der Waals surface area (Å²) in [4.78, 5) is 40.6. The number of hydrogen-bond donors (Lipinski definition) is 4. The van der Waals surface area contributed by atoms with E-state index in [9.17, 15) is 27.6 Å². The van der Waals surface area contributed by atoms with Crippen molar-refractivity contribution in [3.8, 4) is 11.5 Å². The zero-order chi connectivity index (χ0) is 30.1. The quantitative estimate of drug-likeness (QED) is 0.141. The van der Waals surface area contributed by atoms with E-state index in [0.29, 0.717) is 11.4 Å². The van der Waals surface area contributed by atoms with Gasteiger partial charge in [0.15, 0.2) is 0 Å². The monoisotopic (exact) mass is 595 g/mol. The fraction of sp³-hybridized carbons (Fsp3) is 0.0345. The Bertz CT molecular complexity index is 1610. The third kappa shape index (κ3) is 8.57. The summed E-state index contributed by atoms with van der Waals surface area (Å²) in [5, 5.41) is 4.33. The van der Waals surface area contributed by atoms with Crippen LogP contribution < -0.4 is 26.2 Å². The molecule has 4 N–H and O–H groups in total. The topological polar surface area (TPSA) is 121 Å². The maximum atomic E-state index is 13.0. The van der Waals surface area contributed by atoms with Crippen LogP contribution in [0.4, 0.5) is 29.3 Å². The van der Waals surface area contributed by atoms with E-state index in [4.69, 9.17) is 16.3 Å². The molecular formula is C29H21ClF3N5O4. The fourth-order valence-corrected chi connectivity index (χ4v) is 3.64. The van der Waals surface area contributed by atoms with Crippen molar-refractivity contribution in [1.29, 1.82) is 0 Å². The molecule has 0 aliphatic carbocycles. The van der Waals surface area contributed by atoms with Crippen molar-refractivity contribution in [2.45, 2.75) is 6.18 Å². The first-order chi connectivity index (χ1) is 20.1. The normalized spacial score (nSPS) is 11.0. The van der Waals surface area contributed by atoms with E-state index < -0.39 is 34.6 Å². The number of amides is 4. The number of nitrogens with one attached hydrogen (secondary N) is 4. The van der Waals surface area contributed by atoms with Crippen molar-refractivity contribution in [3.05, 3.63) is 119 Å². The molecule has 4 amide bonds. The number of ether oxygens (including phenoxy) is 1. The van der Waals surface area contributed by atoms with Gasteiger partial charge in [0, 0.05) is 29.7 Å². The minimum Gasteiger partial charge on any atom is -0.457 e. The molecule has 1 heterocycles. The van der Waals surface area contributed by atoms with Crippen LogP contribution in [0.3, 0.4) is 0 Å². The summed E-state index contributed by atoms with van der Waals surface area (Å²) < 4.78 is 44.9. The van der Waals surface area contributed by atoms with E-state index >= 15 is 0 Å². The molecule has 0 aliphatic rings. The first-order valence-corrected chi connectivity index (χ1v) is 12.5. The average Bonchev–Trinajstić information content (AvgIpc) is 2.97. The van der Waals surface area contributed by atoms with Crippen LogP contribution in [-0.2, 0) is 11.0 Å². The molecule has 1 aromatic heterocycles. The van der Waals surface area contributed by atoms with Crippen LogP contribution in [-0.4, -0.2) is 22.8 Å². The Morgan fingerprint density at radius 2 is 1.50 bits per heavy atom. The summed E-state index contributed by atoms with van der Waals surface area (Å²) in [6, 6.07) is 20.3. The van der Waals surface area contributed by atoms with Gasteiger partial charge in [0.1, 0.15) is 17.2 Å². The van der Waals surface area contributed by atoms with Gasteiger partial charge in [-0.15, -0.1) is 0 Å². The van der Waals surface area contributed by atoms with Crippen LogP contribution in [0.15, 0.2) is 97.2 Å². The molecule has 9 nitrogen and oxygen atoms in total. The molecule has 42 heavy (non-hydrogen) atoms. The summed E-state index contributed by atoms with van der Waals surface area (Å²) in [5.41, 5.74) is 4.50. The van der Waals surface area contributed by atoms with E-state index in [1.54, 1.807) is 6.08 Å². The highest BCUT2D eigenvalue weighted by Gasteiger charge is 2.33. The Balaban J connectivity index is 1.29. The van der Waals surface area contributed by atoms with Gasteiger partial charge in [-0.2, -0.15) is 13.2 Å². The smallest absolute Gasteiger partial charge is 0.417 e.